The fraction of sp³-hybridized carbons (Fsp3) is 0.111. The van der Waals surface area contributed by atoms with Crippen LogP contribution in [0, 0.1) is 26.2 Å². The lowest BCUT2D eigenvalue weighted by molar-refractivity contribution is 0.105. The first kappa shape index (κ1) is 20.2. The molecular weight excluding hydrogens is 384 g/mol. The Kier molecular flexibility index (Phi) is 5.19. The maximum Gasteiger partial charge on any atom is 0.258 e. The molecule has 0 unspecified atom stereocenters. The number of rotatable bonds is 4. The summed E-state index contributed by atoms with van der Waals surface area (Å²) in [6, 6.07) is 19.0. The zero-order chi connectivity index (χ0) is 22.1. The molecule has 0 atom stereocenters. The first-order chi connectivity index (χ1) is 14.9. The molecule has 1 aromatic heterocycles. The number of anilines is 2. The normalized spacial score (nSPS) is 10.6. The van der Waals surface area contributed by atoms with Crippen molar-refractivity contribution in [3.8, 4) is 23.5 Å². The molecule has 4 aromatic rings. The highest BCUT2D eigenvalue weighted by Gasteiger charge is 2.16. The van der Waals surface area contributed by atoms with Crippen LogP contribution in [0.25, 0.3) is 21.9 Å². The third kappa shape index (κ3) is 3.62. The number of para-hydroxylation sites is 1. The van der Waals surface area contributed by atoms with Gasteiger partial charge in [-0.3, -0.25) is 9.59 Å². The largest absolute Gasteiger partial charge is 0.355 e. The van der Waals surface area contributed by atoms with Crippen molar-refractivity contribution in [3.05, 3.63) is 93.9 Å². The Hall–Kier alpha value is -4.10. The fourth-order valence-corrected chi connectivity index (χ4v) is 3.88. The Labute approximate surface area is 181 Å². The van der Waals surface area contributed by atoms with Crippen LogP contribution in [0.2, 0.25) is 0 Å². The van der Waals surface area contributed by atoms with Crippen LogP contribution in [0.3, 0.4) is 0 Å². The molecule has 152 valence electrons. The minimum absolute atomic E-state index is 0.0699. The van der Waals surface area contributed by atoms with Crippen LogP contribution in [-0.2, 0) is 7.05 Å². The van der Waals surface area contributed by atoms with E-state index >= 15 is 0 Å². The van der Waals surface area contributed by atoms with Crippen LogP contribution >= 0.6 is 0 Å². The predicted octanol–water partition coefficient (Wildman–Crippen LogP) is 5.38. The lowest BCUT2D eigenvalue weighted by atomic mass is 9.95. The van der Waals surface area contributed by atoms with Crippen LogP contribution in [0.5, 0.6) is 0 Å². The molecule has 0 amide bonds. The number of carbonyl (C=O) groups is 1. The van der Waals surface area contributed by atoms with Crippen molar-refractivity contribution in [2.24, 2.45) is 7.05 Å². The van der Waals surface area contributed by atoms with Crippen molar-refractivity contribution < 1.29 is 4.79 Å². The lowest BCUT2D eigenvalue weighted by Crippen LogP contribution is -2.16. The minimum atomic E-state index is -0.381. The molecule has 0 saturated carbocycles. The molecule has 4 heteroatoms. The number of fused-ring (bicyclic) bond motifs is 1. The summed E-state index contributed by atoms with van der Waals surface area (Å²) in [4.78, 5) is 24.9. The van der Waals surface area contributed by atoms with E-state index in [0.717, 1.165) is 39.0 Å². The van der Waals surface area contributed by atoms with E-state index in [0.29, 0.717) is 10.9 Å². The van der Waals surface area contributed by atoms with Gasteiger partial charge in [0.1, 0.15) is 0 Å². The second kappa shape index (κ2) is 7.97. The molecule has 3 aromatic carbocycles. The summed E-state index contributed by atoms with van der Waals surface area (Å²) in [5, 5.41) is 4.98. The van der Waals surface area contributed by atoms with Gasteiger partial charge in [-0.1, -0.05) is 36.4 Å². The van der Waals surface area contributed by atoms with E-state index in [1.165, 1.54) is 0 Å². The summed E-state index contributed by atoms with van der Waals surface area (Å²) in [6.07, 6.45) is 7.17. The van der Waals surface area contributed by atoms with Crippen molar-refractivity contribution in [3.63, 3.8) is 0 Å². The number of ketones is 1. The van der Waals surface area contributed by atoms with E-state index < -0.39 is 0 Å². The van der Waals surface area contributed by atoms with Gasteiger partial charge >= 0.3 is 0 Å². The van der Waals surface area contributed by atoms with Gasteiger partial charge in [0.25, 0.3) is 5.56 Å². The number of pyridine rings is 1. The third-order valence-electron chi connectivity index (χ3n) is 5.53. The SMILES string of the molecule is C#CC(=O)c1ccc(Nc2c(C)cccc2C)c(-c2cn(C)c(=O)c3ccccc23)c1. The number of hydrogen-bond acceptors (Lipinski definition) is 3. The maximum atomic E-state index is 12.7. The molecule has 0 aliphatic rings. The number of benzene rings is 3. The Bertz CT molecular complexity index is 1420. The first-order valence-corrected chi connectivity index (χ1v) is 9.97. The molecule has 31 heavy (non-hydrogen) atoms. The van der Waals surface area contributed by atoms with Gasteiger partial charge in [-0.15, -0.1) is 6.42 Å². The summed E-state index contributed by atoms with van der Waals surface area (Å²) in [7, 11) is 1.73. The van der Waals surface area contributed by atoms with Crippen molar-refractivity contribution in [2.45, 2.75) is 13.8 Å². The fourth-order valence-electron chi connectivity index (χ4n) is 3.88. The number of Topliss-reactive ketones (excluding diaryl/α,β-unsaturated/α-hetero) is 1. The number of nitrogens with one attached hydrogen (secondary N) is 1. The Balaban J connectivity index is 2.02. The summed E-state index contributed by atoms with van der Waals surface area (Å²) < 4.78 is 1.57. The Morgan fingerprint density at radius 2 is 1.61 bits per heavy atom. The molecule has 0 fully saturated rings. The van der Waals surface area contributed by atoms with Gasteiger partial charge in [-0.25, -0.2) is 0 Å². The molecule has 1 heterocycles. The molecule has 4 rings (SSSR count). The molecule has 0 aliphatic heterocycles. The second-order valence-corrected chi connectivity index (χ2v) is 7.63. The molecule has 0 bridgehead atoms. The van der Waals surface area contributed by atoms with Crippen LogP contribution in [0.1, 0.15) is 21.5 Å². The average molecular weight is 406 g/mol. The first-order valence-electron chi connectivity index (χ1n) is 9.97. The highest BCUT2D eigenvalue weighted by molar-refractivity contribution is 6.10. The number of aryl methyl sites for hydroxylation is 3. The standard InChI is InChI=1S/C27H22N2O2/c1-5-25(30)19-13-14-24(28-26-17(2)9-8-10-18(26)3)22(15-19)23-16-29(4)27(31)21-12-7-6-11-20(21)23/h1,6-16,28H,2-4H3. The van der Waals surface area contributed by atoms with Gasteiger partial charge in [0.15, 0.2) is 0 Å². The highest BCUT2D eigenvalue weighted by Crippen LogP contribution is 2.36. The summed E-state index contributed by atoms with van der Waals surface area (Å²) in [5.74, 6) is 1.81. The molecule has 1 N–H and O–H groups in total. The molecule has 4 nitrogen and oxygen atoms in total. The van der Waals surface area contributed by atoms with Gasteiger partial charge in [-0.2, -0.15) is 0 Å². The van der Waals surface area contributed by atoms with E-state index in [4.69, 9.17) is 6.42 Å². The van der Waals surface area contributed by atoms with Crippen molar-refractivity contribution in [1.29, 1.82) is 0 Å². The minimum Gasteiger partial charge on any atom is -0.355 e. The third-order valence-corrected chi connectivity index (χ3v) is 5.53. The van der Waals surface area contributed by atoms with Gasteiger partial charge in [0.2, 0.25) is 5.78 Å². The molecule has 0 aliphatic carbocycles. The van der Waals surface area contributed by atoms with Crippen LogP contribution in [0.15, 0.2) is 71.7 Å². The summed E-state index contributed by atoms with van der Waals surface area (Å²) >= 11 is 0. The highest BCUT2D eigenvalue weighted by atomic mass is 16.1. The maximum absolute atomic E-state index is 12.7. The number of hydrogen-bond donors (Lipinski definition) is 1. The van der Waals surface area contributed by atoms with Crippen molar-refractivity contribution >= 4 is 27.9 Å². The van der Waals surface area contributed by atoms with Gasteiger partial charge < -0.3 is 9.88 Å². The van der Waals surface area contributed by atoms with E-state index in [9.17, 15) is 9.59 Å². The number of terminal acetylenes is 1. The van der Waals surface area contributed by atoms with Gasteiger partial charge in [-0.05, 0) is 60.5 Å². The van der Waals surface area contributed by atoms with Crippen molar-refractivity contribution in [2.75, 3.05) is 5.32 Å². The van der Waals surface area contributed by atoms with E-state index in [2.05, 4.69) is 11.2 Å². The number of carbonyl (C=O) groups excluding carboxylic acids is 1. The van der Waals surface area contributed by atoms with Crippen molar-refractivity contribution in [1.82, 2.24) is 4.57 Å². The monoisotopic (exact) mass is 406 g/mol. The molecule has 0 radical (unpaired) electrons. The lowest BCUT2D eigenvalue weighted by Gasteiger charge is -2.18. The topological polar surface area (TPSA) is 51.1 Å². The van der Waals surface area contributed by atoms with Crippen LogP contribution < -0.4 is 10.9 Å². The quantitative estimate of drug-likeness (QED) is 0.281. The smallest absolute Gasteiger partial charge is 0.258 e. The average Bonchev–Trinajstić information content (AvgIpc) is 2.78. The van der Waals surface area contributed by atoms with Gasteiger partial charge in [0, 0.05) is 46.7 Å². The van der Waals surface area contributed by atoms with Gasteiger partial charge in [0.05, 0.1) is 0 Å². The zero-order valence-electron chi connectivity index (χ0n) is 17.7. The van der Waals surface area contributed by atoms with E-state index in [-0.39, 0.29) is 11.3 Å². The number of aromatic nitrogens is 1. The zero-order valence-corrected chi connectivity index (χ0v) is 17.7. The summed E-state index contributed by atoms with van der Waals surface area (Å²) in [5.41, 5.74) is 6.07. The Morgan fingerprint density at radius 1 is 0.935 bits per heavy atom. The molecule has 0 spiro atoms. The van der Waals surface area contributed by atoms with Crippen LogP contribution in [-0.4, -0.2) is 10.4 Å². The molecule has 0 saturated heterocycles. The number of nitrogens with zero attached hydrogens (tertiary/aromatic N) is 1. The predicted molar refractivity (Wildman–Crippen MR) is 127 cm³/mol. The van der Waals surface area contributed by atoms with E-state index in [1.807, 2.05) is 62.4 Å². The Morgan fingerprint density at radius 3 is 2.29 bits per heavy atom. The van der Waals surface area contributed by atoms with Crippen LogP contribution in [0.4, 0.5) is 11.4 Å². The summed E-state index contributed by atoms with van der Waals surface area (Å²) in [6.45, 7) is 4.10. The van der Waals surface area contributed by atoms with E-state index in [1.54, 1.807) is 29.9 Å². The molecular formula is C27H22N2O2. The second-order valence-electron chi connectivity index (χ2n) is 7.63.